The van der Waals surface area contributed by atoms with Crippen molar-refractivity contribution in [1.82, 2.24) is 10.2 Å². The summed E-state index contributed by atoms with van der Waals surface area (Å²) in [6.45, 7) is 0.333. The minimum Gasteiger partial charge on any atom is -0.385 e. The molecule has 16 heavy (non-hydrogen) atoms. The van der Waals surface area contributed by atoms with Crippen LogP contribution in [0.4, 0.5) is 0 Å². The van der Waals surface area contributed by atoms with Crippen LogP contribution in [0.1, 0.15) is 0 Å². The largest absolute Gasteiger partial charge is 0.385 e. The Balaban J connectivity index is 2.96. The summed E-state index contributed by atoms with van der Waals surface area (Å²) in [6.07, 6.45) is 1.04. The lowest BCUT2D eigenvalue weighted by molar-refractivity contribution is -0.118. The molecule has 0 aromatic carbocycles. The number of carbonyl (C=O) groups is 1. The van der Waals surface area contributed by atoms with E-state index in [0.717, 1.165) is 11.0 Å². The first-order valence-corrected chi connectivity index (χ1v) is 5.86. The highest BCUT2D eigenvalue weighted by Gasteiger charge is 2.34. The number of amides is 1. The summed E-state index contributed by atoms with van der Waals surface area (Å²) in [5.74, 6) is -0.711. The maximum absolute atomic E-state index is 11.0. The summed E-state index contributed by atoms with van der Waals surface area (Å²) < 4.78 is 35.8. The average molecular weight is 251 g/mol. The molecule has 1 aliphatic heterocycles. The third-order valence-corrected chi connectivity index (χ3v) is 2.91. The second-order valence-corrected chi connectivity index (χ2v) is 4.61. The third-order valence-electron chi connectivity index (χ3n) is 1.98. The highest BCUT2D eigenvalue weighted by atomic mass is 32.2. The molecular formula is C7H13N3O5S. The molecule has 0 aliphatic carbocycles. The Morgan fingerprint density at radius 1 is 1.69 bits per heavy atom. The van der Waals surface area contributed by atoms with Crippen LogP contribution in [0, 0.1) is 0 Å². The lowest BCUT2D eigenvalue weighted by Crippen LogP contribution is -2.57. The summed E-state index contributed by atoms with van der Waals surface area (Å²) in [7, 11) is -3.02. The number of hydrogen-bond donors (Lipinski definition) is 3. The van der Waals surface area contributed by atoms with E-state index in [9.17, 15) is 13.2 Å². The predicted molar refractivity (Wildman–Crippen MR) is 54.3 cm³/mol. The highest BCUT2D eigenvalue weighted by Crippen LogP contribution is 2.12. The molecule has 1 rings (SSSR count). The summed E-state index contributed by atoms with van der Waals surface area (Å²) in [4.78, 5) is 12.2. The van der Waals surface area contributed by atoms with Crippen LogP contribution >= 0.6 is 0 Å². The predicted octanol–water partition coefficient (Wildman–Crippen LogP) is -1.96. The summed E-state index contributed by atoms with van der Waals surface area (Å²) in [5.41, 5.74) is 3.92. The van der Waals surface area contributed by atoms with Crippen molar-refractivity contribution in [2.24, 2.45) is 5.73 Å². The van der Waals surface area contributed by atoms with E-state index < -0.39 is 21.5 Å². The van der Waals surface area contributed by atoms with Crippen LogP contribution in [-0.2, 0) is 19.6 Å². The molecule has 1 unspecified atom stereocenters. The molecule has 1 heterocycles. The lowest BCUT2D eigenvalue weighted by Gasteiger charge is -2.34. The summed E-state index contributed by atoms with van der Waals surface area (Å²) in [6, 6.07) is 0. The van der Waals surface area contributed by atoms with Gasteiger partial charge in [0.05, 0.1) is 6.61 Å². The molecule has 0 aromatic rings. The van der Waals surface area contributed by atoms with Crippen molar-refractivity contribution in [1.29, 1.82) is 0 Å². The molecule has 1 aliphatic rings. The van der Waals surface area contributed by atoms with E-state index in [2.05, 4.69) is 5.32 Å². The quantitative estimate of drug-likeness (QED) is 0.496. The summed E-state index contributed by atoms with van der Waals surface area (Å²) >= 11 is 0. The second-order valence-electron chi connectivity index (χ2n) is 3.13. The molecule has 9 heteroatoms. The molecule has 92 valence electrons. The van der Waals surface area contributed by atoms with Gasteiger partial charge in [0.25, 0.3) is 0 Å². The van der Waals surface area contributed by atoms with Gasteiger partial charge in [-0.25, -0.2) is 0 Å². The van der Waals surface area contributed by atoms with Crippen LogP contribution in [0.3, 0.4) is 0 Å². The number of ether oxygens (including phenoxy) is 1. The minimum absolute atomic E-state index is 0.0385. The van der Waals surface area contributed by atoms with E-state index >= 15 is 0 Å². The van der Waals surface area contributed by atoms with Crippen molar-refractivity contribution in [3.05, 3.63) is 11.9 Å². The van der Waals surface area contributed by atoms with Crippen LogP contribution in [-0.4, -0.2) is 49.5 Å². The standard InChI is InChI=1S/C7H13N3O5S/c1-15-3-2-10-5(8)4-6(11)9-7(10)16(12,13)14/h4,7H,2-3,8H2,1H3,(H,9,11)(H,12,13,14). The number of nitrogens with zero attached hydrogens (tertiary/aromatic N) is 1. The zero-order valence-corrected chi connectivity index (χ0v) is 9.40. The molecule has 0 bridgehead atoms. The molecule has 0 radical (unpaired) electrons. The van der Waals surface area contributed by atoms with Crippen molar-refractivity contribution in [2.75, 3.05) is 20.3 Å². The van der Waals surface area contributed by atoms with Gasteiger partial charge in [-0.1, -0.05) is 0 Å². The van der Waals surface area contributed by atoms with Crippen molar-refractivity contribution in [3.8, 4) is 0 Å². The van der Waals surface area contributed by atoms with E-state index in [-0.39, 0.29) is 19.0 Å². The van der Waals surface area contributed by atoms with Crippen molar-refractivity contribution in [2.45, 2.75) is 5.50 Å². The lowest BCUT2D eigenvalue weighted by atomic mass is 10.4. The number of carbonyl (C=O) groups excluding carboxylic acids is 1. The zero-order chi connectivity index (χ0) is 12.3. The Morgan fingerprint density at radius 2 is 2.31 bits per heavy atom. The Kier molecular flexibility index (Phi) is 3.73. The van der Waals surface area contributed by atoms with Crippen LogP contribution in [0.25, 0.3) is 0 Å². The first-order chi connectivity index (χ1) is 7.36. The van der Waals surface area contributed by atoms with E-state index in [0.29, 0.717) is 0 Å². The van der Waals surface area contributed by atoms with E-state index in [4.69, 9.17) is 15.0 Å². The van der Waals surface area contributed by atoms with Crippen LogP contribution in [0.15, 0.2) is 11.9 Å². The van der Waals surface area contributed by atoms with Crippen molar-refractivity contribution < 1.29 is 22.5 Å². The molecule has 0 saturated heterocycles. The van der Waals surface area contributed by atoms with E-state index in [1.807, 2.05) is 0 Å². The second kappa shape index (κ2) is 4.68. The molecule has 0 spiro atoms. The van der Waals surface area contributed by atoms with E-state index in [1.165, 1.54) is 7.11 Å². The maximum Gasteiger partial charge on any atom is 0.306 e. The Morgan fingerprint density at radius 3 is 2.81 bits per heavy atom. The monoisotopic (exact) mass is 251 g/mol. The van der Waals surface area contributed by atoms with Gasteiger partial charge < -0.3 is 20.7 Å². The number of rotatable bonds is 4. The van der Waals surface area contributed by atoms with Crippen molar-refractivity contribution >= 4 is 16.0 Å². The highest BCUT2D eigenvalue weighted by molar-refractivity contribution is 7.86. The first kappa shape index (κ1) is 12.7. The SMILES string of the molecule is COCCN1C(N)=CC(=O)NC1S(=O)(=O)O. The minimum atomic E-state index is -4.45. The molecule has 1 atom stereocenters. The molecule has 0 saturated carbocycles. The fraction of sp³-hybridized carbons (Fsp3) is 0.571. The maximum atomic E-state index is 11.0. The molecule has 0 fully saturated rings. The van der Waals surface area contributed by atoms with Gasteiger partial charge in [-0.3, -0.25) is 9.35 Å². The zero-order valence-electron chi connectivity index (χ0n) is 8.58. The molecule has 8 nitrogen and oxygen atoms in total. The van der Waals surface area contributed by atoms with Crippen LogP contribution in [0.5, 0.6) is 0 Å². The fourth-order valence-electron chi connectivity index (χ4n) is 1.27. The van der Waals surface area contributed by atoms with Gasteiger partial charge in [-0.05, 0) is 0 Å². The molecule has 1 amide bonds. The Labute approximate surface area is 92.8 Å². The Bertz CT molecular complexity index is 404. The number of nitrogens with one attached hydrogen (secondary N) is 1. The van der Waals surface area contributed by atoms with Crippen LogP contribution in [0.2, 0.25) is 0 Å². The topological polar surface area (TPSA) is 122 Å². The van der Waals surface area contributed by atoms with Crippen molar-refractivity contribution in [3.63, 3.8) is 0 Å². The van der Waals surface area contributed by atoms with E-state index in [1.54, 1.807) is 0 Å². The van der Waals surface area contributed by atoms with Gasteiger partial charge >= 0.3 is 10.1 Å². The van der Waals surface area contributed by atoms with Gasteiger partial charge in [-0.15, -0.1) is 0 Å². The number of nitrogens with two attached hydrogens (primary N) is 1. The van der Waals surface area contributed by atoms with Crippen LogP contribution < -0.4 is 11.1 Å². The molecular weight excluding hydrogens is 238 g/mol. The molecule has 4 N–H and O–H groups in total. The average Bonchev–Trinajstić information content (AvgIpc) is 2.14. The summed E-state index contributed by atoms with van der Waals surface area (Å²) in [5, 5.41) is 2.08. The third kappa shape index (κ3) is 2.84. The molecule has 0 aromatic heterocycles. The van der Waals surface area contributed by atoms with Gasteiger partial charge in [0.2, 0.25) is 11.4 Å². The number of methoxy groups -OCH3 is 1. The smallest absolute Gasteiger partial charge is 0.306 e. The Hall–Kier alpha value is -1.32. The number of hydrogen-bond acceptors (Lipinski definition) is 6. The van der Waals surface area contributed by atoms with Gasteiger partial charge in [0.15, 0.2) is 0 Å². The fourth-order valence-corrected chi connectivity index (χ4v) is 2.08. The normalized spacial score (nSPS) is 21.6. The first-order valence-electron chi connectivity index (χ1n) is 4.36. The van der Waals surface area contributed by atoms with Gasteiger partial charge in [-0.2, -0.15) is 8.42 Å². The van der Waals surface area contributed by atoms with Gasteiger partial charge in [0.1, 0.15) is 5.82 Å². The van der Waals surface area contributed by atoms with Gasteiger partial charge in [0, 0.05) is 19.7 Å².